The van der Waals surface area contributed by atoms with Crippen LogP contribution in [-0.4, -0.2) is 15.7 Å². The molecule has 0 fully saturated rings. The van der Waals surface area contributed by atoms with E-state index in [1.54, 1.807) is 0 Å². The molecular weight excluding hydrogens is 264 g/mol. The highest BCUT2D eigenvalue weighted by atomic mass is 16.1. The lowest BCUT2D eigenvalue weighted by atomic mass is 10.0. The number of nitrogens with zero attached hydrogens (tertiary/aromatic N) is 2. The summed E-state index contributed by atoms with van der Waals surface area (Å²) in [5, 5.41) is 7.54. The van der Waals surface area contributed by atoms with Gasteiger partial charge in [0.1, 0.15) is 0 Å². The largest absolute Gasteiger partial charge is 0.397 e. The van der Waals surface area contributed by atoms with E-state index in [0.29, 0.717) is 12.1 Å². The molecule has 1 aliphatic heterocycles. The topological polar surface area (TPSA) is 72.9 Å². The first-order valence-corrected chi connectivity index (χ1v) is 7.42. The smallest absolute Gasteiger partial charge is 0.224 e. The number of fused-ring (bicyclic) bond motifs is 1. The fraction of sp³-hybridized carbons (Fsp3) is 0.375. The summed E-state index contributed by atoms with van der Waals surface area (Å²) in [5.41, 5.74) is 11.9. The van der Waals surface area contributed by atoms with Crippen LogP contribution in [0.3, 0.4) is 0 Å². The number of amides is 1. The number of hydrogen-bond donors (Lipinski definition) is 2. The second-order valence-electron chi connectivity index (χ2n) is 5.36. The molecule has 0 aliphatic carbocycles. The van der Waals surface area contributed by atoms with Gasteiger partial charge in [0.25, 0.3) is 0 Å². The molecule has 5 heteroatoms. The predicted octanol–water partition coefficient (Wildman–Crippen LogP) is 2.46. The standard InChI is InChI=1S/C16H20N4O/c1-3-11-8-12(4-2)20(19-11)15-9-14-10(7-13(15)17)5-6-16(21)18-14/h7-9H,3-6,17H2,1-2H3,(H,18,21). The number of benzene rings is 1. The van der Waals surface area contributed by atoms with Crippen molar-refractivity contribution in [2.24, 2.45) is 0 Å². The molecule has 0 saturated carbocycles. The van der Waals surface area contributed by atoms with Gasteiger partial charge in [-0.1, -0.05) is 13.8 Å². The zero-order valence-electron chi connectivity index (χ0n) is 12.4. The molecule has 5 nitrogen and oxygen atoms in total. The molecule has 0 atom stereocenters. The van der Waals surface area contributed by atoms with E-state index in [9.17, 15) is 4.79 Å². The first kappa shape index (κ1) is 13.7. The Bertz CT molecular complexity index is 703. The Morgan fingerprint density at radius 3 is 2.76 bits per heavy atom. The molecule has 1 aromatic carbocycles. The van der Waals surface area contributed by atoms with Crippen molar-refractivity contribution >= 4 is 17.3 Å². The Labute approximate surface area is 124 Å². The maximum Gasteiger partial charge on any atom is 0.224 e. The fourth-order valence-corrected chi connectivity index (χ4v) is 2.73. The summed E-state index contributed by atoms with van der Waals surface area (Å²) in [6.07, 6.45) is 3.04. The monoisotopic (exact) mass is 284 g/mol. The van der Waals surface area contributed by atoms with Crippen molar-refractivity contribution in [1.82, 2.24) is 9.78 Å². The molecule has 110 valence electrons. The number of carbonyl (C=O) groups is 1. The maximum atomic E-state index is 11.6. The Morgan fingerprint density at radius 1 is 1.24 bits per heavy atom. The van der Waals surface area contributed by atoms with Crippen molar-refractivity contribution in [2.45, 2.75) is 39.5 Å². The van der Waals surface area contributed by atoms with Crippen LogP contribution in [0.2, 0.25) is 0 Å². The number of nitrogens with two attached hydrogens (primary N) is 1. The molecule has 3 N–H and O–H groups in total. The van der Waals surface area contributed by atoms with Gasteiger partial charge in [-0.2, -0.15) is 5.10 Å². The van der Waals surface area contributed by atoms with Crippen molar-refractivity contribution < 1.29 is 4.79 Å². The summed E-state index contributed by atoms with van der Waals surface area (Å²) < 4.78 is 1.90. The van der Waals surface area contributed by atoms with Crippen LogP contribution in [0.1, 0.15) is 37.2 Å². The number of anilines is 2. The molecule has 0 spiro atoms. The van der Waals surface area contributed by atoms with Gasteiger partial charge in [-0.15, -0.1) is 0 Å². The lowest BCUT2D eigenvalue weighted by Gasteiger charge is -2.19. The summed E-state index contributed by atoms with van der Waals surface area (Å²) in [6.45, 7) is 4.19. The molecule has 0 bridgehead atoms. The molecule has 3 rings (SSSR count). The van der Waals surface area contributed by atoms with Crippen LogP contribution in [0.25, 0.3) is 5.69 Å². The number of nitrogens with one attached hydrogen (secondary N) is 1. The van der Waals surface area contributed by atoms with Crippen molar-refractivity contribution in [1.29, 1.82) is 0 Å². The van der Waals surface area contributed by atoms with Gasteiger partial charge in [0.2, 0.25) is 5.91 Å². The molecule has 21 heavy (non-hydrogen) atoms. The molecule has 1 aromatic heterocycles. The lowest BCUT2D eigenvalue weighted by molar-refractivity contribution is -0.116. The number of nitrogen functional groups attached to an aromatic ring is 1. The highest BCUT2D eigenvalue weighted by molar-refractivity contribution is 5.95. The minimum Gasteiger partial charge on any atom is -0.397 e. The Balaban J connectivity index is 2.12. The van der Waals surface area contributed by atoms with E-state index < -0.39 is 0 Å². The quantitative estimate of drug-likeness (QED) is 0.850. The summed E-state index contributed by atoms with van der Waals surface area (Å²) in [7, 11) is 0. The second-order valence-corrected chi connectivity index (χ2v) is 5.36. The molecule has 0 unspecified atom stereocenters. The van der Waals surface area contributed by atoms with Gasteiger partial charge < -0.3 is 11.1 Å². The molecule has 0 radical (unpaired) electrons. The molecule has 2 heterocycles. The van der Waals surface area contributed by atoms with E-state index in [-0.39, 0.29) is 5.91 Å². The molecule has 1 aliphatic rings. The van der Waals surface area contributed by atoms with Gasteiger partial charge >= 0.3 is 0 Å². The minimum atomic E-state index is 0.0589. The van der Waals surface area contributed by atoms with Crippen molar-refractivity contribution in [3.05, 3.63) is 35.2 Å². The van der Waals surface area contributed by atoms with E-state index in [2.05, 4.69) is 30.3 Å². The molecule has 0 saturated heterocycles. The average Bonchev–Trinajstić information content (AvgIpc) is 2.90. The zero-order chi connectivity index (χ0) is 15.0. The molecular formula is C16H20N4O. The zero-order valence-corrected chi connectivity index (χ0v) is 12.4. The highest BCUT2D eigenvalue weighted by Crippen LogP contribution is 2.30. The Morgan fingerprint density at radius 2 is 2.05 bits per heavy atom. The van der Waals surface area contributed by atoms with E-state index in [1.165, 1.54) is 0 Å². The van der Waals surface area contributed by atoms with Crippen LogP contribution < -0.4 is 11.1 Å². The minimum absolute atomic E-state index is 0.0589. The van der Waals surface area contributed by atoms with E-state index in [4.69, 9.17) is 5.73 Å². The third-order valence-corrected chi connectivity index (χ3v) is 3.93. The highest BCUT2D eigenvalue weighted by Gasteiger charge is 2.18. The summed E-state index contributed by atoms with van der Waals surface area (Å²) in [5.74, 6) is 0.0589. The SMILES string of the molecule is CCc1cc(CC)n(-c2cc3c(cc2N)CCC(=O)N3)n1. The summed E-state index contributed by atoms with van der Waals surface area (Å²) >= 11 is 0. The van der Waals surface area contributed by atoms with Crippen molar-refractivity contribution in [3.63, 3.8) is 0 Å². The van der Waals surface area contributed by atoms with Gasteiger partial charge in [-0.05, 0) is 43.0 Å². The second kappa shape index (κ2) is 5.24. The third kappa shape index (κ3) is 2.39. The number of aryl methyl sites for hydroxylation is 3. The van der Waals surface area contributed by atoms with Crippen molar-refractivity contribution in [3.8, 4) is 5.69 Å². The Hall–Kier alpha value is -2.30. The van der Waals surface area contributed by atoms with Gasteiger partial charge in [-0.3, -0.25) is 4.79 Å². The fourth-order valence-electron chi connectivity index (χ4n) is 2.73. The van der Waals surface area contributed by atoms with Gasteiger partial charge in [0, 0.05) is 17.8 Å². The Kier molecular flexibility index (Phi) is 3.41. The van der Waals surface area contributed by atoms with Gasteiger partial charge in [0.15, 0.2) is 0 Å². The number of carbonyl (C=O) groups excluding carboxylic acids is 1. The normalized spacial score (nSPS) is 13.9. The van der Waals surface area contributed by atoms with Crippen LogP contribution in [0.4, 0.5) is 11.4 Å². The van der Waals surface area contributed by atoms with Crippen LogP contribution in [0.15, 0.2) is 18.2 Å². The summed E-state index contributed by atoms with van der Waals surface area (Å²) in [6, 6.07) is 6.00. The van der Waals surface area contributed by atoms with E-state index in [0.717, 1.165) is 47.6 Å². The summed E-state index contributed by atoms with van der Waals surface area (Å²) in [4.78, 5) is 11.6. The third-order valence-electron chi connectivity index (χ3n) is 3.93. The number of rotatable bonds is 3. The number of hydrogen-bond acceptors (Lipinski definition) is 3. The lowest BCUT2D eigenvalue weighted by Crippen LogP contribution is -2.20. The first-order valence-electron chi connectivity index (χ1n) is 7.42. The van der Waals surface area contributed by atoms with Gasteiger partial charge in [0.05, 0.1) is 17.1 Å². The van der Waals surface area contributed by atoms with Crippen LogP contribution in [-0.2, 0) is 24.1 Å². The van der Waals surface area contributed by atoms with Crippen LogP contribution in [0, 0.1) is 0 Å². The van der Waals surface area contributed by atoms with Gasteiger partial charge in [-0.25, -0.2) is 4.68 Å². The van der Waals surface area contributed by atoms with E-state index >= 15 is 0 Å². The number of aromatic nitrogens is 2. The first-order chi connectivity index (χ1) is 10.1. The average molecular weight is 284 g/mol. The molecule has 1 amide bonds. The van der Waals surface area contributed by atoms with Crippen LogP contribution >= 0.6 is 0 Å². The van der Waals surface area contributed by atoms with Crippen LogP contribution in [0.5, 0.6) is 0 Å². The predicted molar refractivity (Wildman–Crippen MR) is 83.7 cm³/mol. The maximum absolute atomic E-state index is 11.6. The van der Waals surface area contributed by atoms with E-state index in [1.807, 2.05) is 16.8 Å². The molecule has 2 aromatic rings. The van der Waals surface area contributed by atoms with Crippen molar-refractivity contribution in [2.75, 3.05) is 11.1 Å².